The van der Waals surface area contributed by atoms with E-state index in [0.717, 1.165) is 18.2 Å². The maximum absolute atomic E-state index is 14.2. The molecule has 7 heteroatoms. The summed E-state index contributed by atoms with van der Waals surface area (Å²) < 4.78 is 28.2. The summed E-state index contributed by atoms with van der Waals surface area (Å²) in [5, 5.41) is 13.3. The third-order valence-electron chi connectivity index (χ3n) is 4.13. The van der Waals surface area contributed by atoms with E-state index in [1.54, 1.807) is 13.8 Å². The van der Waals surface area contributed by atoms with E-state index in [9.17, 15) is 23.7 Å². The van der Waals surface area contributed by atoms with Gasteiger partial charge in [-0.1, -0.05) is 6.92 Å². The lowest BCUT2D eigenvalue weighted by Crippen LogP contribution is -2.57. The van der Waals surface area contributed by atoms with E-state index in [4.69, 9.17) is 0 Å². The Hall–Kier alpha value is -2.05. The van der Waals surface area contributed by atoms with Crippen molar-refractivity contribution in [2.75, 3.05) is 0 Å². The van der Waals surface area contributed by atoms with Gasteiger partial charge < -0.3 is 5.32 Å². The number of amides is 1. The Bertz CT molecular complexity index is 608. The van der Waals surface area contributed by atoms with Crippen molar-refractivity contribution in [2.45, 2.75) is 44.3 Å². The molecule has 21 heavy (non-hydrogen) atoms. The number of carbonyl (C=O) groups is 1. The Kier molecular flexibility index (Phi) is 3.69. The van der Waals surface area contributed by atoms with Crippen LogP contribution >= 0.6 is 0 Å². The first-order chi connectivity index (χ1) is 9.72. The summed E-state index contributed by atoms with van der Waals surface area (Å²) >= 11 is 0. The molecular formula is C14H16F2N2O3. The van der Waals surface area contributed by atoms with Crippen molar-refractivity contribution >= 4 is 11.6 Å². The second-order valence-electron chi connectivity index (χ2n) is 5.53. The summed E-state index contributed by atoms with van der Waals surface area (Å²) in [7, 11) is 0. The molecule has 114 valence electrons. The van der Waals surface area contributed by atoms with Crippen LogP contribution in [-0.4, -0.2) is 16.5 Å². The van der Waals surface area contributed by atoms with Crippen LogP contribution in [0.5, 0.6) is 0 Å². The van der Waals surface area contributed by atoms with Gasteiger partial charge in [0.2, 0.25) is 0 Å². The first kappa shape index (κ1) is 15.3. The first-order valence-electron chi connectivity index (χ1n) is 6.68. The van der Waals surface area contributed by atoms with E-state index >= 15 is 0 Å². The maximum Gasteiger partial charge on any atom is 0.269 e. The largest absolute Gasteiger partial charge is 0.344 e. The van der Waals surface area contributed by atoms with Gasteiger partial charge in [0, 0.05) is 17.7 Å². The molecule has 0 spiro atoms. The van der Waals surface area contributed by atoms with Crippen LogP contribution in [0.4, 0.5) is 14.5 Å². The number of carbonyl (C=O) groups excluding carboxylic acids is 1. The Balaban J connectivity index is 2.40. The monoisotopic (exact) mass is 298 g/mol. The average Bonchev–Trinajstić information content (AvgIpc) is 2.43. The van der Waals surface area contributed by atoms with Crippen LogP contribution in [0, 0.1) is 15.9 Å². The number of nitrogens with one attached hydrogen (secondary N) is 1. The van der Waals surface area contributed by atoms with Gasteiger partial charge in [-0.3, -0.25) is 14.9 Å². The molecule has 2 atom stereocenters. The van der Waals surface area contributed by atoms with Crippen molar-refractivity contribution in [3.8, 4) is 0 Å². The summed E-state index contributed by atoms with van der Waals surface area (Å²) in [6.07, 6.45) is 0.154. The highest BCUT2D eigenvalue weighted by Crippen LogP contribution is 2.39. The molecule has 1 amide bonds. The Morgan fingerprint density at radius 2 is 2.10 bits per heavy atom. The number of hydrogen-bond donors (Lipinski definition) is 1. The van der Waals surface area contributed by atoms with Gasteiger partial charge in [-0.2, -0.15) is 0 Å². The molecule has 1 N–H and O–H groups in total. The minimum Gasteiger partial charge on any atom is -0.344 e. The van der Waals surface area contributed by atoms with Crippen LogP contribution in [0.2, 0.25) is 0 Å². The van der Waals surface area contributed by atoms with Crippen LogP contribution in [0.1, 0.15) is 38.7 Å². The van der Waals surface area contributed by atoms with Gasteiger partial charge in [-0.05, 0) is 32.3 Å². The normalized spacial score (nSPS) is 29.0. The van der Waals surface area contributed by atoms with E-state index < -0.39 is 27.9 Å². The van der Waals surface area contributed by atoms with E-state index in [1.807, 2.05) is 0 Å². The van der Waals surface area contributed by atoms with Gasteiger partial charge >= 0.3 is 0 Å². The second-order valence-corrected chi connectivity index (χ2v) is 5.53. The molecule has 1 saturated heterocycles. The summed E-state index contributed by atoms with van der Waals surface area (Å²) in [4.78, 5) is 22.1. The average molecular weight is 298 g/mol. The van der Waals surface area contributed by atoms with E-state index in [-0.39, 0.29) is 30.5 Å². The highest BCUT2D eigenvalue weighted by Gasteiger charge is 2.47. The standard InChI is InChI=1S/C14H16F2N2O3/c1-3-14(16)7-6-13(2,17-12(14)19)10-8-9(18(20)21)4-5-11(10)15/h4-5,8H,3,6-7H2,1-2H3,(H,17,19)/t13-,14-/m0/s1. The van der Waals surface area contributed by atoms with E-state index in [1.165, 1.54) is 0 Å². The summed E-state index contributed by atoms with van der Waals surface area (Å²) in [6.45, 7) is 3.11. The molecular weight excluding hydrogens is 282 g/mol. The number of hydrogen-bond acceptors (Lipinski definition) is 3. The van der Waals surface area contributed by atoms with Crippen LogP contribution in [0.15, 0.2) is 18.2 Å². The number of halogens is 2. The molecule has 1 aliphatic rings. The van der Waals surface area contributed by atoms with Gasteiger partial charge in [0.1, 0.15) is 5.82 Å². The Morgan fingerprint density at radius 1 is 1.43 bits per heavy atom. The van der Waals surface area contributed by atoms with Gasteiger partial charge in [0.05, 0.1) is 10.5 Å². The molecule has 0 bridgehead atoms. The van der Waals surface area contributed by atoms with Gasteiger partial charge in [-0.25, -0.2) is 8.78 Å². The van der Waals surface area contributed by atoms with Crippen molar-refractivity contribution in [1.82, 2.24) is 5.32 Å². The molecule has 0 unspecified atom stereocenters. The van der Waals surface area contributed by atoms with E-state index in [2.05, 4.69) is 5.32 Å². The fourth-order valence-corrected chi connectivity index (χ4v) is 2.58. The number of piperidine rings is 1. The zero-order valence-corrected chi connectivity index (χ0v) is 11.8. The summed E-state index contributed by atoms with van der Waals surface area (Å²) in [5.74, 6) is -1.46. The van der Waals surface area contributed by atoms with Gasteiger partial charge in [0.25, 0.3) is 11.6 Å². The molecule has 2 rings (SSSR count). The molecule has 1 fully saturated rings. The number of nitro benzene ring substituents is 1. The van der Waals surface area contributed by atoms with Gasteiger partial charge in [0.15, 0.2) is 5.67 Å². The lowest BCUT2D eigenvalue weighted by Gasteiger charge is -2.41. The molecule has 5 nitrogen and oxygen atoms in total. The van der Waals surface area contributed by atoms with Crippen molar-refractivity contribution in [1.29, 1.82) is 0 Å². The quantitative estimate of drug-likeness (QED) is 0.688. The Morgan fingerprint density at radius 3 is 2.62 bits per heavy atom. The van der Waals surface area contributed by atoms with Crippen molar-refractivity contribution in [3.05, 3.63) is 39.7 Å². The fraction of sp³-hybridized carbons (Fsp3) is 0.500. The molecule has 0 radical (unpaired) electrons. The van der Waals surface area contributed by atoms with Gasteiger partial charge in [-0.15, -0.1) is 0 Å². The topological polar surface area (TPSA) is 72.2 Å². The summed E-state index contributed by atoms with van der Waals surface area (Å²) in [6, 6.07) is 3.13. The van der Waals surface area contributed by atoms with Crippen molar-refractivity contribution < 1.29 is 18.5 Å². The highest BCUT2D eigenvalue weighted by molar-refractivity contribution is 5.86. The zero-order chi connectivity index (χ0) is 15.8. The van der Waals surface area contributed by atoms with Crippen LogP contribution in [0.25, 0.3) is 0 Å². The molecule has 0 aliphatic carbocycles. The molecule has 1 aromatic rings. The lowest BCUT2D eigenvalue weighted by molar-refractivity contribution is -0.385. The number of nitrogens with zero attached hydrogens (tertiary/aromatic N) is 1. The minimum atomic E-state index is -1.96. The number of benzene rings is 1. The summed E-state index contributed by atoms with van der Waals surface area (Å²) in [5.41, 5.74) is -3.38. The first-order valence-corrected chi connectivity index (χ1v) is 6.68. The number of alkyl halides is 1. The maximum atomic E-state index is 14.2. The smallest absolute Gasteiger partial charge is 0.269 e. The SMILES string of the molecule is CC[C@]1(F)CC[C@@](C)(c2cc([N+](=O)[O-])ccc2F)NC1=O. The Labute approximate surface area is 120 Å². The molecule has 1 heterocycles. The third-order valence-corrected chi connectivity index (χ3v) is 4.13. The number of nitro groups is 1. The fourth-order valence-electron chi connectivity index (χ4n) is 2.58. The molecule has 0 aromatic heterocycles. The van der Waals surface area contributed by atoms with E-state index in [0.29, 0.717) is 0 Å². The molecule has 1 aromatic carbocycles. The second kappa shape index (κ2) is 5.05. The van der Waals surface area contributed by atoms with Crippen molar-refractivity contribution in [3.63, 3.8) is 0 Å². The number of rotatable bonds is 3. The predicted octanol–water partition coefficient (Wildman–Crippen LogP) is 2.98. The highest BCUT2D eigenvalue weighted by atomic mass is 19.1. The van der Waals surface area contributed by atoms with Crippen LogP contribution in [-0.2, 0) is 10.3 Å². The molecule has 0 saturated carbocycles. The molecule has 1 aliphatic heterocycles. The lowest BCUT2D eigenvalue weighted by atomic mass is 9.78. The predicted molar refractivity (Wildman–Crippen MR) is 71.9 cm³/mol. The minimum absolute atomic E-state index is 0.00297. The zero-order valence-electron chi connectivity index (χ0n) is 11.8. The number of non-ortho nitro benzene ring substituents is 1. The van der Waals surface area contributed by atoms with Crippen molar-refractivity contribution in [2.24, 2.45) is 0 Å². The third kappa shape index (κ3) is 2.59. The van der Waals surface area contributed by atoms with Crippen LogP contribution in [0.3, 0.4) is 0 Å². The van der Waals surface area contributed by atoms with Crippen LogP contribution < -0.4 is 5.32 Å².